The van der Waals surface area contributed by atoms with Gasteiger partial charge in [0, 0.05) is 10.9 Å². The zero-order chi connectivity index (χ0) is 24.9. The summed E-state index contributed by atoms with van der Waals surface area (Å²) in [5.74, 6) is 1.73. The van der Waals surface area contributed by atoms with E-state index in [2.05, 4.69) is 5.32 Å². The molecule has 0 spiro atoms. The van der Waals surface area contributed by atoms with Gasteiger partial charge in [0.1, 0.15) is 5.75 Å². The molecule has 1 amide bonds. The normalized spacial score (nSPS) is 13.3. The summed E-state index contributed by atoms with van der Waals surface area (Å²) in [4.78, 5) is 17.4. The lowest BCUT2D eigenvalue weighted by molar-refractivity contribution is -0.118. The van der Waals surface area contributed by atoms with Gasteiger partial charge >= 0.3 is 0 Å². The first-order chi connectivity index (χ1) is 17.6. The maximum Gasteiger partial charge on any atom is 0.262 e. The number of carbonyl (C=O) groups is 1. The molecule has 5 rings (SSSR count). The Morgan fingerprint density at radius 3 is 2.69 bits per heavy atom. The van der Waals surface area contributed by atoms with Crippen molar-refractivity contribution in [2.75, 3.05) is 26.1 Å². The van der Waals surface area contributed by atoms with Crippen LogP contribution >= 0.6 is 11.3 Å². The van der Waals surface area contributed by atoms with Crippen LogP contribution in [0, 0.1) is 0 Å². The molecule has 0 unspecified atom stereocenters. The van der Waals surface area contributed by atoms with E-state index in [1.54, 1.807) is 25.1 Å². The van der Waals surface area contributed by atoms with Gasteiger partial charge in [-0.05, 0) is 47.5 Å². The maximum atomic E-state index is 11.8. The minimum absolute atomic E-state index is 0.0168. The number of hydrogen-bond acceptors (Lipinski definition) is 7. The average molecular weight is 501 g/mol. The average Bonchev–Trinajstić information content (AvgIpc) is 3.33. The third kappa shape index (κ3) is 5.01. The first-order valence-electron chi connectivity index (χ1n) is 11.2. The molecule has 0 saturated heterocycles. The lowest BCUT2D eigenvalue weighted by atomic mass is 10.1. The summed E-state index contributed by atoms with van der Waals surface area (Å²) in [5.41, 5.74) is 4.30. The standard InChI is InChI=1S/C27H24N4O4S/c1-33-24-10-8-19(12-25(24)34-2)15-29-31-22(17-36-27(31)28-14-18-6-4-3-5-7-18)20-9-11-23-21(13-20)30-26(32)16-35-23/h3-13,15,17H,14,16H2,1-2H3,(H,30,32). The molecule has 2 heterocycles. The van der Waals surface area contributed by atoms with Gasteiger partial charge in [0.25, 0.3) is 5.91 Å². The van der Waals surface area contributed by atoms with Crippen LogP contribution in [0.5, 0.6) is 17.2 Å². The second kappa shape index (κ2) is 10.5. The Kier molecular flexibility index (Phi) is 6.81. The Morgan fingerprint density at radius 1 is 1.06 bits per heavy atom. The highest BCUT2D eigenvalue weighted by molar-refractivity contribution is 7.07. The summed E-state index contributed by atoms with van der Waals surface area (Å²) in [6.45, 7) is 0.545. The maximum absolute atomic E-state index is 11.8. The fraction of sp³-hybridized carbons (Fsp3) is 0.148. The Bertz CT molecular complexity index is 1490. The van der Waals surface area contributed by atoms with Crippen molar-refractivity contribution in [2.24, 2.45) is 10.1 Å². The molecule has 1 aliphatic heterocycles. The minimum Gasteiger partial charge on any atom is -0.493 e. The summed E-state index contributed by atoms with van der Waals surface area (Å²) in [6, 6.07) is 21.4. The van der Waals surface area contributed by atoms with Gasteiger partial charge in [0.05, 0.1) is 38.4 Å². The molecule has 182 valence electrons. The van der Waals surface area contributed by atoms with Gasteiger partial charge in [-0.2, -0.15) is 5.10 Å². The molecule has 0 atom stereocenters. The molecule has 0 radical (unpaired) electrons. The molecule has 0 aliphatic carbocycles. The van der Waals surface area contributed by atoms with Crippen LogP contribution in [0.1, 0.15) is 11.1 Å². The molecule has 0 fully saturated rings. The molecule has 4 aromatic rings. The topological polar surface area (TPSA) is 86.4 Å². The summed E-state index contributed by atoms with van der Waals surface area (Å²) >= 11 is 1.50. The van der Waals surface area contributed by atoms with Crippen LogP contribution in [0.3, 0.4) is 0 Å². The Morgan fingerprint density at radius 2 is 1.89 bits per heavy atom. The number of aromatic nitrogens is 1. The number of rotatable bonds is 7. The van der Waals surface area contributed by atoms with Gasteiger partial charge in [-0.3, -0.25) is 9.79 Å². The molecule has 36 heavy (non-hydrogen) atoms. The zero-order valence-corrected chi connectivity index (χ0v) is 20.6. The van der Waals surface area contributed by atoms with E-state index in [1.807, 2.05) is 72.1 Å². The van der Waals surface area contributed by atoms with Crippen LogP contribution in [0.25, 0.3) is 11.3 Å². The van der Waals surface area contributed by atoms with Crippen LogP contribution in [-0.2, 0) is 11.3 Å². The van der Waals surface area contributed by atoms with Crippen molar-refractivity contribution >= 4 is 29.1 Å². The monoisotopic (exact) mass is 500 g/mol. The van der Waals surface area contributed by atoms with Gasteiger partial charge in [-0.15, -0.1) is 11.3 Å². The van der Waals surface area contributed by atoms with E-state index in [0.717, 1.165) is 27.2 Å². The SMILES string of the molecule is COc1ccc(C=Nn2c(-c3ccc4c(c3)NC(=O)CO4)csc2=NCc2ccccc2)cc1OC. The smallest absolute Gasteiger partial charge is 0.262 e. The molecular weight excluding hydrogens is 476 g/mol. The van der Waals surface area contributed by atoms with Crippen LogP contribution in [0.15, 0.2) is 82.2 Å². The molecule has 3 aromatic carbocycles. The molecule has 9 heteroatoms. The highest BCUT2D eigenvalue weighted by Crippen LogP contribution is 2.33. The second-order valence-electron chi connectivity index (χ2n) is 7.92. The fourth-order valence-corrected chi connectivity index (χ4v) is 4.60. The number of ether oxygens (including phenoxy) is 3. The summed E-state index contributed by atoms with van der Waals surface area (Å²) in [6.07, 6.45) is 1.75. The van der Waals surface area contributed by atoms with Crippen LogP contribution < -0.4 is 24.3 Å². The van der Waals surface area contributed by atoms with Gasteiger partial charge in [0.15, 0.2) is 18.1 Å². The first kappa shape index (κ1) is 23.4. The Balaban J connectivity index is 1.56. The van der Waals surface area contributed by atoms with Crippen molar-refractivity contribution in [3.8, 4) is 28.5 Å². The number of nitrogens with zero attached hydrogens (tertiary/aromatic N) is 3. The molecule has 8 nitrogen and oxygen atoms in total. The lowest BCUT2D eigenvalue weighted by Gasteiger charge is -2.18. The number of carbonyl (C=O) groups excluding carboxylic acids is 1. The molecule has 1 aliphatic rings. The Hall–Kier alpha value is -4.37. The van der Waals surface area contributed by atoms with Gasteiger partial charge in [0.2, 0.25) is 4.80 Å². The van der Waals surface area contributed by atoms with Gasteiger partial charge in [-0.25, -0.2) is 4.68 Å². The number of methoxy groups -OCH3 is 2. The number of nitrogens with one attached hydrogen (secondary N) is 1. The van der Waals surface area contributed by atoms with E-state index in [9.17, 15) is 4.79 Å². The van der Waals surface area contributed by atoms with E-state index in [-0.39, 0.29) is 12.5 Å². The van der Waals surface area contributed by atoms with Crippen molar-refractivity contribution in [3.05, 3.63) is 88.0 Å². The third-order valence-corrected chi connectivity index (χ3v) is 6.42. The first-order valence-corrected chi connectivity index (χ1v) is 12.1. The molecule has 1 N–H and O–H groups in total. The summed E-state index contributed by atoms with van der Waals surface area (Å²) in [7, 11) is 3.20. The summed E-state index contributed by atoms with van der Waals surface area (Å²) < 4.78 is 18.1. The summed E-state index contributed by atoms with van der Waals surface area (Å²) in [5, 5.41) is 9.65. The predicted molar refractivity (Wildman–Crippen MR) is 140 cm³/mol. The van der Waals surface area contributed by atoms with Gasteiger partial charge < -0.3 is 19.5 Å². The third-order valence-electron chi connectivity index (χ3n) is 5.56. The number of fused-ring (bicyclic) bond motifs is 1. The van der Waals surface area contributed by atoms with E-state index < -0.39 is 0 Å². The van der Waals surface area contributed by atoms with Crippen molar-refractivity contribution in [1.82, 2.24) is 4.68 Å². The number of benzene rings is 3. The van der Waals surface area contributed by atoms with E-state index in [0.29, 0.717) is 29.5 Å². The quantitative estimate of drug-likeness (QED) is 0.377. The minimum atomic E-state index is -0.178. The van der Waals surface area contributed by atoms with Crippen LogP contribution in [0.4, 0.5) is 5.69 Å². The molecular formula is C27H24N4O4S. The fourth-order valence-electron chi connectivity index (χ4n) is 3.76. The largest absolute Gasteiger partial charge is 0.493 e. The molecule has 0 bridgehead atoms. The number of hydrogen-bond donors (Lipinski definition) is 1. The highest BCUT2D eigenvalue weighted by Gasteiger charge is 2.18. The number of thiazole rings is 1. The van der Waals surface area contributed by atoms with Crippen molar-refractivity contribution in [3.63, 3.8) is 0 Å². The second-order valence-corrected chi connectivity index (χ2v) is 8.76. The van der Waals surface area contributed by atoms with Crippen LogP contribution in [-0.4, -0.2) is 37.6 Å². The number of anilines is 1. The van der Waals surface area contributed by atoms with E-state index >= 15 is 0 Å². The zero-order valence-electron chi connectivity index (χ0n) is 19.8. The van der Waals surface area contributed by atoms with Crippen LogP contribution in [0.2, 0.25) is 0 Å². The lowest BCUT2D eigenvalue weighted by Crippen LogP contribution is -2.25. The Labute approximate surface area is 212 Å². The molecule has 0 saturated carbocycles. The predicted octanol–water partition coefficient (Wildman–Crippen LogP) is 4.55. The van der Waals surface area contributed by atoms with Gasteiger partial charge in [-0.1, -0.05) is 30.3 Å². The molecule has 1 aromatic heterocycles. The van der Waals surface area contributed by atoms with Crippen molar-refractivity contribution in [1.29, 1.82) is 0 Å². The highest BCUT2D eigenvalue weighted by atomic mass is 32.1. The van der Waals surface area contributed by atoms with E-state index in [1.165, 1.54) is 11.3 Å². The van der Waals surface area contributed by atoms with E-state index in [4.69, 9.17) is 24.3 Å². The van der Waals surface area contributed by atoms with Crippen molar-refractivity contribution < 1.29 is 19.0 Å². The van der Waals surface area contributed by atoms with Crippen molar-refractivity contribution in [2.45, 2.75) is 6.54 Å². The number of amides is 1.